The molecule has 1 heterocycles. The first-order valence-corrected chi connectivity index (χ1v) is 7.98. The van der Waals surface area contributed by atoms with Gasteiger partial charge in [0.1, 0.15) is 11.9 Å². The van der Waals surface area contributed by atoms with E-state index in [1.165, 1.54) is 12.1 Å². The summed E-state index contributed by atoms with van der Waals surface area (Å²) in [5, 5.41) is 1.01. The van der Waals surface area contributed by atoms with Crippen LogP contribution in [-0.2, 0) is 11.2 Å². The molecule has 24 heavy (non-hydrogen) atoms. The maximum Gasteiger partial charge on any atom is 0.405 e. The van der Waals surface area contributed by atoms with Gasteiger partial charge in [-0.3, -0.25) is 10.2 Å². The highest BCUT2D eigenvalue weighted by molar-refractivity contribution is 5.83. The van der Waals surface area contributed by atoms with Crippen LogP contribution in [0.4, 0.5) is 17.6 Å². The first kappa shape index (κ1) is 18.7. The minimum absolute atomic E-state index is 0.0357. The average Bonchev–Trinajstić information content (AvgIpc) is 2.72. The number of hydrogen-bond donors (Lipinski definition) is 1. The van der Waals surface area contributed by atoms with E-state index in [2.05, 4.69) is 5.43 Å². The molecule has 0 bridgehead atoms. The molecular weight excluding hydrogens is 324 g/mol. The molecule has 1 N–H and O–H groups in total. The Bertz CT molecular complexity index is 569. The van der Waals surface area contributed by atoms with Crippen LogP contribution in [0.25, 0.3) is 0 Å². The summed E-state index contributed by atoms with van der Waals surface area (Å²) in [6.45, 7) is 3.29. The normalized spacial score (nSPS) is 19.3. The van der Waals surface area contributed by atoms with Gasteiger partial charge in [0.25, 0.3) is 0 Å². The number of hydrazine groups is 1. The molecule has 0 radical (unpaired) electrons. The highest BCUT2D eigenvalue weighted by Gasteiger charge is 2.49. The fraction of sp³-hybridized carbons (Fsp3) is 0.588. The lowest BCUT2D eigenvalue weighted by Crippen LogP contribution is -2.49. The van der Waals surface area contributed by atoms with E-state index in [0.29, 0.717) is 19.3 Å². The third kappa shape index (κ3) is 4.69. The van der Waals surface area contributed by atoms with Gasteiger partial charge in [0, 0.05) is 6.54 Å². The van der Waals surface area contributed by atoms with Crippen molar-refractivity contribution in [3.05, 3.63) is 35.6 Å². The molecule has 1 atom stereocenters. The van der Waals surface area contributed by atoms with E-state index in [-0.39, 0.29) is 24.7 Å². The van der Waals surface area contributed by atoms with Gasteiger partial charge in [-0.1, -0.05) is 18.6 Å². The number of hydrogen-bond acceptors (Lipinski definition) is 2. The van der Waals surface area contributed by atoms with Gasteiger partial charge in [0.05, 0.1) is 5.41 Å². The largest absolute Gasteiger partial charge is 0.405 e. The van der Waals surface area contributed by atoms with Crippen molar-refractivity contribution in [3.63, 3.8) is 0 Å². The molecule has 2 rings (SSSR count). The second-order valence-corrected chi connectivity index (χ2v) is 6.88. The van der Waals surface area contributed by atoms with E-state index in [0.717, 1.165) is 10.6 Å². The number of nitrogens with one attached hydrogen (secondary N) is 1. The Morgan fingerprint density at radius 2 is 1.83 bits per heavy atom. The van der Waals surface area contributed by atoms with Crippen molar-refractivity contribution in [1.82, 2.24) is 10.4 Å². The lowest BCUT2D eigenvalue weighted by Gasteiger charge is -2.29. The topological polar surface area (TPSA) is 32.3 Å². The Kier molecular flexibility index (Phi) is 5.52. The monoisotopic (exact) mass is 346 g/mol. The molecule has 134 valence electrons. The van der Waals surface area contributed by atoms with E-state index in [1.54, 1.807) is 26.0 Å². The van der Waals surface area contributed by atoms with Gasteiger partial charge in [0.2, 0.25) is 5.91 Å². The number of aryl methyl sites for hydroxylation is 1. The van der Waals surface area contributed by atoms with Crippen LogP contribution in [0.5, 0.6) is 0 Å². The molecule has 0 saturated carbocycles. The maximum absolute atomic E-state index is 13.3. The fourth-order valence-electron chi connectivity index (χ4n) is 2.82. The SMILES string of the molecule is CC1(C)CN([C@@H](CCCCc2ccc(F)cc2)C(F)(F)F)NC1=O. The molecule has 3 nitrogen and oxygen atoms in total. The molecule has 1 saturated heterocycles. The predicted molar refractivity (Wildman–Crippen MR) is 82.4 cm³/mol. The van der Waals surface area contributed by atoms with Crippen LogP contribution < -0.4 is 5.43 Å². The van der Waals surface area contributed by atoms with Crippen molar-refractivity contribution in [2.75, 3.05) is 6.54 Å². The number of nitrogens with zero attached hydrogens (tertiary/aromatic N) is 1. The Morgan fingerprint density at radius 1 is 1.21 bits per heavy atom. The quantitative estimate of drug-likeness (QED) is 0.627. The lowest BCUT2D eigenvalue weighted by molar-refractivity contribution is -0.190. The van der Waals surface area contributed by atoms with Crippen molar-refractivity contribution < 1.29 is 22.4 Å². The first-order chi connectivity index (χ1) is 11.1. The van der Waals surface area contributed by atoms with E-state index in [1.807, 2.05) is 0 Å². The predicted octanol–water partition coefficient (Wildman–Crippen LogP) is 3.84. The molecule has 0 aliphatic carbocycles. The Morgan fingerprint density at radius 3 is 2.33 bits per heavy atom. The van der Waals surface area contributed by atoms with Crippen LogP contribution in [0.3, 0.4) is 0 Å². The molecule has 1 aliphatic rings. The van der Waals surface area contributed by atoms with Gasteiger partial charge in [-0.15, -0.1) is 0 Å². The zero-order chi connectivity index (χ0) is 18.0. The molecule has 1 aromatic carbocycles. The highest BCUT2D eigenvalue weighted by atomic mass is 19.4. The third-order valence-electron chi connectivity index (χ3n) is 4.29. The minimum Gasteiger partial charge on any atom is -0.288 e. The zero-order valence-corrected chi connectivity index (χ0v) is 13.8. The number of halogens is 4. The molecule has 1 fully saturated rings. The molecule has 1 amide bonds. The van der Waals surface area contributed by atoms with Crippen LogP contribution >= 0.6 is 0 Å². The van der Waals surface area contributed by atoms with Crippen LogP contribution in [0.2, 0.25) is 0 Å². The van der Waals surface area contributed by atoms with Gasteiger partial charge in [-0.25, -0.2) is 9.40 Å². The number of unbranched alkanes of at least 4 members (excludes halogenated alkanes) is 1. The van der Waals surface area contributed by atoms with Gasteiger partial charge in [-0.05, 0) is 50.8 Å². The highest BCUT2D eigenvalue weighted by Crippen LogP contribution is 2.33. The minimum atomic E-state index is -4.40. The molecule has 0 spiro atoms. The van der Waals surface area contributed by atoms with Crippen molar-refractivity contribution in [3.8, 4) is 0 Å². The fourth-order valence-corrected chi connectivity index (χ4v) is 2.82. The Labute approximate surface area is 139 Å². The third-order valence-corrected chi connectivity index (χ3v) is 4.29. The van der Waals surface area contributed by atoms with Gasteiger partial charge in [-0.2, -0.15) is 13.2 Å². The molecule has 1 aromatic rings. The number of carbonyl (C=O) groups is 1. The second kappa shape index (κ2) is 7.09. The summed E-state index contributed by atoms with van der Waals surface area (Å²) in [6.07, 6.45) is -2.94. The zero-order valence-electron chi connectivity index (χ0n) is 13.8. The number of rotatable bonds is 6. The van der Waals surface area contributed by atoms with E-state index < -0.39 is 17.6 Å². The number of carbonyl (C=O) groups excluding carboxylic acids is 1. The van der Waals surface area contributed by atoms with Crippen LogP contribution in [0.1, 0.15) is 38.7 Å². The summed E-state index contributed by atoms with van der Waals surface area (Å²) in [5.41, 5.74) is 2.43. The average molecular weight is 346 g/mol. The van der Waals surface area contributed by atoms with E-state index in [4.69, 9.17) is 0 Å². The summed E-state index contributed by atoms with van der Waals surface area (Å²) in [5.74, 6) is -0.716. The summed E-state index contributed by atoms with van der Waals surface area (Å²) in [6, 6.07) is 4.28. The molecular formula is C17H22F4N2O. The molecule has 7 heteroatoms. The van der Waals surface area contributed by atoms with Crippen molar-refractivity contribution in [1.29, 1.82) is 0 Å². The lowest BCUT2D eigenvalue weighted by atomic mass is 9.94. The van der Waals surface area contributed by atoms with Crippen LogP contribution in [-0.4, -0.2) is 29.7 Å². The van der Waals surface area contributed by atoms with E-state index in [9.17, 15) is 22.4 Å². The Hall–Kier alpha value is -1.63. The maximum atomic E-state index is 13.3. The molecule has 0 unspecified atom stereocenters. The van der Waals surface area contributed by atoms with Gasteiger partial charge < -0.3 is 0 Å². The summed E-state index contributed by atoms with van der Waals surface area (Å²) >= 11 is 0. The van der Waals surface area contributed by atoms with Gasteiger partial charge >= 0.3 is 6.18 Å². The molecule has 1 aliphatic heterocycles. The summed E-state index contributed by atoms with van der Waals surface area (Å²) in [4.78, 5) is 11.7. The van der Waals surface area contributed by atoms with Crippen molar-refractivity contribution >= 4 is 5.91 Å². The summed E-state index contributed by atoms with van der Waals surface area (Å²) in [7, 11) is 0. The number of amides is 1. The van der Waals surface area contributed by atoms with E-state index >= 15 is 0 Å². The van der Waals surface area contributed by atoms with Gasteiger partial charge in [0.15, 0.2) is 0 Å². The second-order valence-electron chi connectivity index (χ2n) is 6.88. The van der Waals surface area contributed by atoms with Crippen molar-refractivity contribution in [2.45, 2.75) is 51.7 Å². The first-order valence-electron chi connectivity index (χ1n) is 7.98. The van der Waals surface area contributed by atoms with Crippen LogP contribution in [0, 0.1) is 11.2 Å². The van der Waals surface area contributed by atoms with Crippen LogP contribution in [0.15, 0.2) is 24.3 Å². The van der Waals surface area contributed by atoms with Crippen molar-refractivity contribution in [2.24, 2.45) is 5.41 Å². The summed E-state index contributed by atoms with van der Waals surface area (Å²) < 4.78 is 52.7. The number of alkyl halides is 3. The number of benzene rings is 1. The standard InChI is InChI=1S/C17H22F4N2O/c1-16(2)11-23(22-15(16)24)14(17(19,20)21)6-4-3-5-12-7-9-13(18)10-8-12/h7-10,14H,3-6,11H2,1-2H3,(H,22,24)/t14-/m0/s1. The Balaban J connectivity index is 1.88. The smallest absolute Gasteiger partial charge is 0.288 e. The molecule has 0 aromatic heterocycles.